The molecule has 7 nitrogen and oxygen atoms in total. The first-order chi connectivity index (χ1) is 14.5. The van der Waals surface area contributed by atoms with Crippen molar-refractivity contribution >= 4 is 40.9 Å². The monoisotopic (exact) mass is 444 g/mol. The highest BCUT2D eigenvalue weighted by atomic mass is 35.5. The molecule has 3 rings (SSSR count). The molecule has 1 aromatic heterocycles. The lowest BCUT2D eigenvalue weighted by molar-refractivity contribution is -0.115. The molecule has 0 N–H and O–H groups in total. The predicted octanol–water partition coefficient (Wildman–Crippen LogP) is 4.16. The predicted molar refractivity (Wildman–Crippen MR) is 118 cm³/mol. The number of para-hydroxylation sites is 1. The largest absolute Gasteiger partial charge is 0.465 e. The van der Waals surface area contributed by atoms with Crippen LogP contribution in [0.1, 0.15) is 17.3 Å². The molecule has 0 aliphatic heterocycles. The fourth-order valence-electron chi connectivity index (χ4n) is 2.90. The Morgan fingerprint density at radius 1 is 1.13 bits per heavy atom. The highest BCUT2D eigenvalue weighted by Gasteiger charge is 2.20. The van der Waals surface area contributed by atoms with Crippen molar-refractivity contribution in [3.63, 3.8) is 0 Å². The van der Waals surface area contributed by atoms with Gasteiger partial charge in [0.15, 0.2) is 11.0 Å². The molecule has 0 aliphatic carbocycles. The van der Waals surface area contributed by atoms with E-state index in [0.29, 0.717) is 33.8 Å². The summed E-state index contributed by atoms with van der Waals surface area (Å²) in [7, 11) is 2.95. The maximum absolute atomic E-state index is 12.8. The summed E-state index contributed by atoms with van der Waals surface area (Å²) in [6, 6.07) is 14.2. The number of methoxy groups -OCH3 is 1. The van der Waals surface area contributed by atoms with Crippen LogP contribution in [-0.4, -0.2) is 46.6 Å². The lowest BCUT2D eigenvalue weighted by atomic mass is 10.1. The molecule has 0 fully saturated rings. The van der Waals surface area contributed by atoms with Crippen molar-refractivity contribution < 1.29 is 14.3 Å². The first-order valence-corrected chi connectivity index (χ1v) is 10.6. The van der Waals surface area contributed by atoms with Gasteiger partial charge >= 0.3 is 5.97 Å². The molecular formula is C21H21ClN4O3S. The molecule has 0 aliphatic rings. The number of hydrogen-bond acceptors (Lipinski definition) is 6. The molecule has 2 aromatic carbocycles. The minimum atomic E-state index is -0.490. The number of rotatable bonds is 7. The van der Waals surface area contributed by atoms with E-state index < -0.39 is 5.97 Å². The summed E-state index contributed by atoms with van der Waals surface area (Å²) in [6.45, 7) is 2.65. The number of amides is 1. The summed E-state index contributed by atoms with van der Waals surface area (Å²) in [6.07, 6.45) is 0. The van der Waals surface area contributed by atoms with Crippen LogP contribution in [0.15, 0.2) is 53.7 Å². The SMILES string of the molecule is CCn1c(SCC(=O)N(C)c2ccccc2C(=O)OC)nnc1-c1ccc(Cl)cc1. The molecule has 0 atom stereocenters. The second kappa shape index (κ2) is 9.77. The third kappa shape index (κ3) is 4.66. The smallest absolute Gasteiger partial charge is 0.339 e. The molecule has 0 unspecified atom stereocenters. The summed E-state index contributed by atoms with van der Waals surface area (Å²) < 4.78 is 6.75. The third-order valence-corrected chi connectivity index (χ3v) is 5.71. The van der Waals surface area contributed by atoms with E-state index in [9.17, 15) is 9.59 Å². The van der Waals surface area contributed by atoms with Crippen LogP contribution in [0, 0.1) is 0 Å². The summed E-state index contributed by atoms with van der Waals surface area (Å²) in [5.41, 5.74) is 1.73. The van der Waals surface area contributed by atoms with Crippen LogP contribution in [0.3, 0.4) is 0 Å². The maximum Gasteiger partial charge on any atom is 0.339 e. The Morgan fingerprint density at radius 3 is 2.50 bits per heavy atom. The second-order valence-electron chi connectivity index (χ2n) is 6.31. The van der Waals surface area contributed by atoms with Crippen molar-refractivity contribution in [2.75, 3.05) is 24.8 Å². The minimum absolute atomic E-state index is 0.144. The lowest BCUT2D eigenvalue weighted by Crippen LogP contribution is -2.29. The molecule has 1 amide bonds. The number of carbonyl (C=O) groups is 2. The van der Waals surface area contributed by atoms with Gasteiger partial charge in [0.2, 0.25) is 5.91 Å². The molecule has 3 aromatic rings. The van der Waals surface area contributed by atoms with Crippen LogP contribution in [0.5, 0.6) is 0 Å². The topological polar surface area (TPSA) is 77.3 Å². The minimum Gasteiger partial charge on any atom is -0.465 e. The number of thioether (sulfide) groups is 1. The normalized spacial score (nSPS) is 10.7. The van der Waals surface area contributed by atoms with Gasteiger partial charge in [0.25, 0.3) is 0 Å². The number of nitrogens with zero attached hydrogens (tertiary/aromatic N) is 4. The Labute approximate surface area is 184 Å². The van der Waals surface area contributed by atoms with Crippen molar-refractivity contribution in [3.05, 3.63) is 59.1 Å². The van der Waals surface area contributed by atoms with Gasteiger partial charge in [0, 0.05) is 24.2 Å². The van der Waals surface area contributed by atoms with E-state index in [2.05, 4.69) is 10.2 Å². The lowest BCUT2D eigenvalue weighted by Gasteiger charge is -2.19. The molecule has 156 valence electrons. The van der Waals surface area contributed by atoms with Crippen molar-refractivity contribution in [3.8, 4) is 11.4 Å². The number of benzene rings is 2. The van der Waals surface area contributed by atoms with Crippen LogP contribution >= 0.6 is 23.4 Å². The fraction of sp³-hybridized carbons (Fsp3) is 0.238. The first kappa shape index (κ1) is 21.9. The van der Waals surface area contributed by atoms with Gasteiger partial charge in [-0.05, 0) is 43.3 Å². The standard InChI is InChI=1S/C21H21ClN4O3S/c1-4-26-19(14-9-11-15(22)12-10-14)23-24-21(26)30-13-18(27)25(2)17-8-6-5-7-16(17)20(28)29-3/h5-12H,4,13H2,1-3H3. The van der Waals surface area contributed by atoms with Gasteiger partial charge in [-0.3, -0.25) is 4.79 Å². The van der Waals surface area contributed by atoms with E-state index >= 15 is 0 Å². The molecule has 30 heavy (non-hydrogen) atoms. The van der Waals surface area contributed by atoms with Crippen LogP contribution in [0.2, 0.25) is 5.02 Å². The van der Waals surface area contributed by atoms with Gasteiger partial charge in [0.05, 0.1) is 24.1 Å². The van der Waals surface area contributed by atoms with Gasteiger partial charge in [-0.1, -0.05) is 35.5 Å². The zero-order valence-corrected chi connectivity index (χ0v) is 18.4. The Bertz CT molecular complexity index is 1050. The molecular weight excluding hydrogens is 424 g/mol. The molecule has 0 saturated heterocycles. The van der Waals surface area contributed by atoms with Crippen molar-refractivity contribution in [2.45, 2.75) is 18.6 Å². The van der Waals surface area contributed by atoms with Crippen LogP contribution in [0.4, 0.5) is 5.69 Å². The van der Waals surface area contributed by atoms with Crippen molar-refractivity contribution in [2.24, 2.45) is 0 Å². The van der Waals surface area contributed by atoms with E-state index in [1.807, 2.05) is 23.6 Å². The number of hydrogen-bond donors (Lipinski definition) is 0. The van der Waals surface area contributed by atoms with Gasteiger partial charge in [0.1, 0.15) is 0 Å². The Hall–Kier alpha value is -2.84. The van der Waals surface area contributed by atoms with Crippen LogP contribution in [0.25, 0.3) is 11.4 Å². The van der Waals surface area contributed by atoms with Crippen LogP contribution in [-0.2, 0) is 16.1 Å². The second-order valence-corrected chi connectivity index (χ2v) is 7.69. The first-order valence-electron chi connectivity index (χ1n) is 9.22. The quantitative estimate of drug-likeness (QED) is 0.402. The highest BCUT2D eigenvalue weighted by molar-refractivity contribution is 7.99. The summed E-state index contributed by atoms with van der Waals surface area (Å²) >= 11 is 7.26. The fourth-order valence-corrected chi connectivity index (χ4v) is 3.94. The van der Waals surface area contributed by atoms with E-state index in [4.69, 9.17) is 16.3 Å². The maximum atomic E-state index is 12.8. The molecule has 0 saturated carbocycles. The molecule has 0 radical (unpaired) electrons. The number of anilines is 1. The zero-order chi connectivity index (χ0) is 21.7. The number of ether oxygens (including phenoxy) is 1. The average molecular weight is 445 g/mol. The highest BCUT2D eigenvalue weighted by Crippen LogP contribution is 2.26. The van der Waals surface area contributed by atoms with Gasteiger partial charge in [-0.25, -0.2) is 4.79 Å². The van der Waals surface area contributed by atoms with Crippen molar-refractivity contribution in [1.82, 2.24) is 14.8 Å². The third-order valence-electron chi connectivity index (χ3n) is 4.51. The van der Waals surface area contributed by atoms with E-state index in [0.717, 1.165) is 5.56 Å². The number of carbonyl (C=O) groups excluding carboxylic acids is 2. The van der Waals surface area contributed by atoms with E-state index in [1.54, 1.807) is 43.4 Å². The molecule has 1 heterocycles. The molecule has 0 bridgehead atoms. The van der Waals surface area contributed by atoms with Crippen molar-refractivity contribution in [1.29, 1.82) is 0 Å². The average Bonchev–Trinajstić information content (AvgIpc) is 3.19. The molecule has 9 heteroatoms. The van der Waals surface area contributed by atoms with E-state index in [-0.39, 0.29) is 11.7 Å². The Morgan fingerprint density at radius 2 is 1.83 bits per heavy atom. The Balaban J connectivity index is 1.75. The zero-order valence-electron chi connectivity index (χ0n) is 16.8. The number of esters is 1. The summed E-state index contributed by atoms with van der Waals surface area (Å²) in [4.78, 5) is 26.2. The van der Waals surface area contributed by atoms with Gasteiger partial charge in [-0.2, -0.15) is 0 Å². The number of halogens is 1. The van der Waals surface area contributed by atoms with Crippen LogP contribution < -0.4 is 4.90 Å². The Kier molecular flexibility index (Phi) is 7.12. The number of aromatic nitrogens is 3. The van der Waals surface area contributed by atoms with Gasteiger partial charge in [-0.15, -0.1) is 10.2 Å². The van der Waals surface area contributed by atoms with Gasteiger partial charge < -0.3 is 14.2 Å². The summed E-state index contributed by atoms with van der Waals surface area (Å²) in [5.74, 6) is 0.199. The molecule has 0 spiro atoms. The van der Waals surface area contributed by atoms with E-state index in [1.165, 1.54) is 23.8 Å². The summed E-state index contributed by atoms with van der Waals surface area (Å²) in [5, 5.41) is 9.82.